The van der Waals surface area contributed by atoms with Gasteiger partial charge >= 0.3 is 12.1 Å². The molecule has 2 aromatic carbocycles. The maximum atomic E-state index is 14.0. The zero-order valence-electron chi connectivity index (χ0n) is 28.0. The van der Waals surface area contributed by atoms with Crippen LogP contribution in [0.15, 0.2) is 69.5 Å². The molecule has 0 fully saturated rings. The summed E-state index contributed by atoms with van der Waals surface area (Å²) < 4.78 is 45.6. The van der Waals surface area contributed by atoms with Gasteiger partial charge in [0, 0.05) is 37.6 Å². The van der Waals surface area contributed by atoms with E-state index >= 15 is 0 Å². The highest BCUT2D eigenvalue weighted by Gasteiger charge is 2.30. The molecule has 0 saturated heterocycles. The highest BCUT2D eigenvalue weighted by atomic mass is 32.2. The Morgan fingerprint density at radius 2 is 1.67 bits per heavy atom. The molecule has 0 unspecified atom stereocenters. The predicted molar refractivity (Wildman–Crippen MR) is 187 cm³/mol. The molecule has 0 atom stereocenters. The van der Waals surface area contributed by atoms with E-state index in [0.717, 1.165) is 48.5 Å². The second-order valence-corrected chi connectivity index (χ2v) is 13.3. The lowest BCUT2D eigenvalue weighted by molar-refractivity contribution is -0.143. The number of hydrogen-bond donors (Lipinski definition) is 0. The van der Waals surface area contributed by atoms with Crippen molar-refractivity contribution < 1.29 is 27.5 Å². The van der Waals surface area contributed by atoms with Crippen molar-refractivity contribution >= 4 is 35.4 Å². The first kappa shape index (κ1) is 38.2. The minimum absolute atomic E-state index is 0.0270. The molecule has 1 aliphatic heterocycles. The number of carbonyl (C=O) groups is 2. The first-order chi connectivity index (χ1) is 23.5. The minimum Gasteiger partial charge on any atom is -0.466 e. The summed E-state index contributed by atoms with van der Waals surface area (Å²) in [7, 11) is 0. The third-order valence-electron chi connectivity index (χ3n) is 8.05. The molecular weight excluding hydrogens is 676 g/mol. The normalized spacial score (nSPS) is 13.1. The van der Waals surface area contributed by atoms with Crippen molar-refractivity contribution in [3.8, 4) is 11.1 Å². The van der Waals surface area contributed by atoms with Crippen molar-refractivity contribution in [3.05, 3.63) is 86.7 Å². The number of thioether (sulfide) groups is 2. The van der Waals surface area contributed by atoms with Crippen molar-refractivity contribution in [2.75, 3.05) is 44.3 Å². The van der Waals surface area contributed by atoms with Crippen LogP contribution in [-0.4, -0.2) is 80.7 Å². The van der Waals surface area contributed by atoms with Gasteiger partial charge in [0.25, 0.3) is 5.56 Å². The predicted octanol–water partition coefficient (Wildman–Crippen LogP) is 6.30. The Bertz CT molecular complexity index is 1640. The summed E-state index contributed by atoms with van der Waals surface area (Å²) in [6.07, 6.45) is -3.44. The smallest absolute Gasteiger partial charge is 0.416 e. The minimum atomic E-state index is -4.40. The van der Waals surface area contributed by atoms with Gasteiger partial charge in [-0.25, -0.2) is 4.68 Å². The number of aryl methyl sites for hydroxylation is 1. The number of esters is 1. The van der Waals surface area contributed by atoms with E-state index in [0.29, 0.717) is 36.1 Å². The lowest BCUT2D eigenvalue weighted by Crippen LogP contribution is -2.40. The zero-order valence-corrected chi connectivity index (χ0v) is 29.6. The molecule has 0 radical (unpaired) electrons. The highest BCUT2D eigenvalue weighted by molar-refractivity contribution is 8.02. The van der Waals surface area contributed by atoms with Gasteiger partial charge in [-0.3, -0.25) is 14.4 Å². The number of ether oxygens (including phenoxy) is 1. The molecule has 0 aliphatic carbocycles. The number of benzene rings is 2. The summed E-state index contributed by atoms with van der Waals surface area (Å²) >= 11 is 3.10. The van der Waals surface area contributed by atoms with Gasteiger partial charge in [-0.1, -0.05) is 67.6 Å². The second-order valence-electron chi connectivity index (χ2n) is 11.4. The van der Waals surface area contributed by atoms with Gasteiger partial charge in [0.2, 0.25) is 5.91 Å². The van der Waals surface area contributed by atoms with Crippen LogP contribution in [0.4, 0.5) is 13.2 Å². The Morgan fingerprint density at radius 1 is 1.00 bits per heavy atom. The van der Waals surface area contributed by atoms with Gasteiger partial charge in [0.15, 0.2) is 5.16 Å². The van der Waals surface area contributed by atoms with Gasteiger partial charge in [-0.15, -0.1) is 11.8 Å². The number of likely N-dealkylation sites (N-methyl/N-ethyl adjacent to an activating group) is 1. The number of alkyl halides is 3. The summed E-state index contributed by atoms with van der Waals surface area (Å²) in [5.74, 6) is 0.967. The molecule has 3 aromatic rings. The van der Waals surface area contributed by atoms with Gasteiger partial charge in [0.1, 0.15) is 12.2 Å². The van der Waals surface area contributed by atoms with Crippen LogP contribution in [0, 0.1) is 0 Å². The lowest BCUT2D eigenvalue weighted by Gasteiger charge is -2.27. The third-order valence-corrected chi connectivity index (χ3v) is 10.1. The summed E-state index contributed by atoms with van der Waals surface area (Å²) in [4.78, 5) is 47.2. The molecule has 264 valence electrons. The number of nitrogens with zero attached hydrogens (tertiary/aromatic N) is 5. The number of carbonyl (C=O) groups excluding carboxylic acids is 2. The number of halogens is 3. The number of aromatic nitrogens is 3. The molecule has 0 spiro atoms. The maximum absolute atomic E-state index is 14.0. The van der Waals surface area contributed by atoms with E-state index in [1.807, 2.05) is 24.3 Å². The molecule has 1 aliphatic rings. The van der Waals surface area contributed by atoms with Crippen molar-refractivity contribution in [3.63, 3.8) is 0 Å². The van der Waals surface area contributed by atoms with E-state index in [9.17, 15) is 27.6 Å². The summed E-state index contributed by atoms with van der Waals surface area (Å²) in [5, 5.41) is 6.98. The van der Waals surface area contributed by atoms with Crippen LogP contribution in [0.25, 0.3) is 11.1 Å². The van der Waals surface area contributed by atoms with Crippen molar-refractivity contribution in [2.24, 2.45) is 0 Å². The molecule has 49 heavy (non-hydrogen) atoms. The van der Waals surface area contributed by atoms with Crippen LogP contribution in [0.2, 0.25) is 0 Å². The molecular formula is C35H42F3N5O4S2. The van der Waals surface area contributed by atoms with Gasteiger partial charge in [-0.2, -0.15) is 23.3 Å². The fraction of sp³-hybridized carbons (Fsp3) is 0.457. The first-order valence-corrected chi connectivity index (χ1v) is 18.4. The molecule has 9 nitrogen and oxygen atoms in total. The summed E-state index contributed by atoms with van der Waals surface area (Å²) in [6.45, 7) is 8.94. The molecule has 14 heteroatoms. The van der Waals surface area contributed by atoms with E-state index in [4.69, 9.17) is 4.74 Å². The largest absolute Gasteiger partial charge is 0.466 e. The molecule has 0 saturated carbocycles. The average Bonchev–Trinajstić information content (AvgIpc) is 3.61. The van der Waals surface area contributed by atoms with Crippen LogP contribution in [-0.2, 0) is 40.0 Å². The number of amides is 1. The van der Waals surface area contributed by atoms with E-state index < -0.39 is 23.3 Å². The Kier molecular flexibility index (Phi) is 14.3. The Balaban J connectivity index is 1.56. The fourth-order valence-corrected chi connectivity index (χ4v) is 7.13. The van der Waals surface area contributed by atoms with Crippen LogP contribution in [0.3, 0.4) is 0 Å². The third kappa shape index (κ3) is 11.5. The molecule has 2 heterocycles. The quantitative estimate of drug-likeness (QED) is 0.118. The van der Waals surface area contributed by atoms with E-state index in [1.54, 1.807) is 23.6 Å². The molecule has 0 N–H and O–H groups in total. The van der Waals surface area contributed by atoms with Crippen molar-refractivity contribution in [1.29, 1.82) is 0 Å². The van der Waals surface area contributed by atoms with Gasteiger partial charge in [-0.05, 0) is 60.7 Å². The Hall–Kier alpha value is -3.62. The van der Waals surface area contributed by atoms with Gasteiger partial charge in [0.05, 0.1) is 18.6 Å². The lowest BCUT2D eigenvalue weighted by atomic mass is 10.0. The Labute approximate surface area is 293 Å². The zero-order chi connectivity index (χ0) is 35.4. The maximum Gasteiger partial charge on any atom is 0.416 e. The van der Waals surface area contributed by atoms with Crippen molar-refractivity contribution in [2.45, 2.75) is 64.5 Å². The number of rotatable bonds is 17. The SMILES string of the molecule is CCOC(=O)CCc1nn(CC(=O)N(CCN(CC)CC)Cc2ccc(-c3ccc(C(F)(F)F)cc3)cc2)c(SCC2=CSCC2)nc1=O. The fourth-order valence-electron chi connectivity index (χ4n) is 5.15. The summed E-state index contributed by atoms with van der Waals surface area (Å²) in [6, 6.07) is 12.4. The molecule has 1 amide bonds. The van der Waals surface area contributed by atoms with Gasteiger partial charge < -0.3 is 14.5 Å². The second kappa shape index (κ2) is 18.4. The first-order valence-electron chi connectivity index (χ1n) is 16.3. The van der Waals surface area contributed by atoms with Crippen LogP contribution in [0.1, 0.15) is 50.4 Å². The summed E-state index contributed by atoms with van der Waals surface area (Å²) in [5.41, 5.74) is 2.35. The van der Waals surface area contributed by atoms with E-state index in [-0.39, 0.29) is 37.6 Å². The van der Waals surface area contributed by atoms with Crippen LogP contribution >= 0.6 is 23.5 Å². The Morgan fingerprint density at radius 3 is 2.27 bits per heavy atom. The highest BCUT2D eigenvalue weighted by Crippen LogP contribution is 2.31. The topological polar surface area (TPSA) is 97.6 Å². The molecule has 1 aromatic heterocycles. The molecule has 4 rings (SSSR count). The molecule has 0 bridgehead atoms. The van der Waals surface area contributed by atoms with Crippen LogP contribution < -0.4 is 5.56 Å². The number of hydrogen-bond acceptors (Lipinski definition) is 9. The standard InChI is InChI=1S/C35H42F3N5O4S2/c1-4-41(5-2)18-19-42(21-25-7-9-27(10-8-25)28-11-13-29(14-12-28)35(36,37)38)31(44)22-43-34(49-24-26-17-20-48-23-26)39-33(46)30(40-43)15-16-32(45)47-6-3/h7-14,23H,4-6,15-22,24H2,1-3H3. The monoisotopic (exact) mass is 717 g/mol. The van der Waals surface area contributed by atoms with E-state index in [2.05, 4.69) is 34.2 Å². The average molecular weight is 718 g/mol. The van der Waals surface area contributed by atoms with Crippen LogP contribution in [0.5, 0.6) is 0 Å². The van der Waals surface area contributed by atoms with E-state index in [1.165, 1.54) is 34.1 Å². The van der Waals surface area contributed by atoms with Crippen molar-refractivity contribution in [1.82, 2.24) is 24.6 Å².